The highest BCUT2D eigenvalue weighted by atomic mass is 16.1. The second kappa shape index (κ2) is 6.05. The molecule has 1 aromatic carbocycles. The highest BCUT2D eigenvalue weighted by molar-refractivity contribution is 6.06. The number of anilines is 1. The molecule has 2 rings (SSSR count). The molecule has 4 heteroatoms. The van der Waals surface area contributed by atoms with Crippen LogP contribution in [0.5, 0.6) is 0 Å². The maximum atomic E-state index is 12.1. The van der Waals surface area contributed by atoms with E-state index in [2.05, 4.69) is 5.32 Å². The number of amides is 1. The van der Waals surface area contributed by atoms with E-state index in [-0.39, 0.29) is 11.5 Å². The first kappa shape index (κ1) is 13.2. The van der Waals surface area contributed by atoms with E-state index in [0.717, 1.165) is 37.2 Å². The molecule has 1 heterocycles. The third-order valence-corrected chi connectivity index (χ3v) is 3.21. The number of nitriles is 1. The third-order valence-electron chi connectivity index (χ3n) is 3.21. The lowest BCUT2D eigenvalue weighted by Gasteiger charge is -2.12. The summed E-state index contributed by atoms with van der Waals surface area (Å²) in [5.41, 5.74) is 1.88. The second-order valence-electron chi connectivity index (χ2n) is 4.67. The van der Waals surface area contributed by atoms with Gasteiger partial charge in [-0.3, -0.25) is 4.79 Å². The van der Waals surface area contributed by atoms with Gasteiger partial charge in [-0.05, 0) is 31.4 Å². The van der Waals surface area contributed by atoms with E-state index in [9.17, 15) is 4.79 Å². The predicted molar refractivity (Wildman–Crippen MR) is 74.3 cm³/mol. The average Bonchev–Trinajstić information content (AvgIpc) is 2.91. The molecule has 1 aliphatic heterocycles. The summed E-state index contributed by atoms with van der Waals surface area (Å²) in [7, 11) is 0. The van der Waals surface area contributed by atoms with Crippen molar-refractivity contribution in [2.75, 3.05) is 18.4 Å². The fourth-order valence-corrected chi connectivity index (χ4v) is 2.09. The zero-order chi connectivity index (χ0) is 13.7. The van der Waals surface area contributed by atoms with Gasteiger partial charge in [-0.25, -0.2) is 0 Å². The highest BCUT2D eigenvalue weighted by Crippen LogP contribution is 2.15. The third kappa shape index (κ3) is 3.35. The van der Waals surface area contributed by atoms with Gasteiger partial charge >= 0.3 is 0 Å². The number of rotatable bonds is 3. The molecule has 98 valence electrons. The first-order valence-electron chi connectivity index (χ1n) is 6.43. The number of para-hydroxylation sites is 1. The Morgan fingerprint density at radius 3 is 2.68 bits per heavy atom. The van der Waals surface area contributed by atoms with Gasteiger partial charge in [0.25, 0.3) is 5.91 Å². The van der Waals surface area contributed by atoms with Crippen molar-refractivity contribution in [1.29, 1.82) is 5.26 Å². The number of aryl methyl sites for hydroxylation is 1. The maximum absolute atomic E-state index is 12.1. The van der Waals surface area contributed by atoms with Crippen LogP contribution in [0.4, 0.5) is 5.69 Å². The number of likely N-dealkylation sites (tertiary alicyclic amines) is 1. The van der Waals surface area contributed by atoms with Gasteiger partial charge in [-0.2, -0.15) is 5.26 Å². The summed E-state index contributed by atoms with van der Waals surface area (Å²) in [6.07, 6.45) is 3.91. The highest BCUT2D eigenvalue weighted by Gasteiger charge is 2.14. The zero-order valence-electron chi connectivity index (χ0n) is 11.0. The van der Waals surface area contributed by atoms with Crippen molar-refractivity contribution in [2.45, 2.75) is 19.8 Å². The molecular weight excluding hydrogens is 238 g/mol. The molecule has 1 fully saturated rings. The molecule has 0 radical (unpaired) electrons. The molecule has 1 amide bonds. The molecule has 1 aromatic rings. The molecule has 1 saturated heterocycles. The Labute approximate surface area is 113 Å². The molecular formula is C15H17N3O. The minimum atomic E-state index is -0.344. The number of hydrogen-bond acceptors (Lipinski definition) is 3. The number of carbonyl (C=O) groups is 1. The number of carbonyl (C=O) groups excluding carboxylic acids is 1. The van der Waals surface area contributed by atoms with Gasteiger partial charge in [0, 0.05) is 25.0 Å². The minimum absolute atomic E-state index is 0.158. The van der Waals surface area contributed by atoms with Crippen LogP contribution in [0.25, 0.3) is 0 Å². The van der Waals surface area contributed by atoms with Crippen LogP contribution in [0.2, 0.25) is 0 Å². The molecule has 1 aliphatic rings. The van der Waals surface area contributed by atoms with Crippen LogP contribution >= 0.6 is 0 Å². The molecule has 0 unspecified atom stereocenters. The summed E-state index contributed by atoms with van der Waals surface area (Å²) in [5.74, 6) is -0.344. The molecule has 4 nitrogen and oxygen atoms in total. The topological polar surface area (TPSA) is 56.1 Å². The summed E-state index contributed by atoms with van der Waals surface area (Å²) >= 11 is 0. The van der Waals surface area contributed by atoms with Gasteiger partial charge in [0.2, 0.25) is 0 Å². The lowest BCUT2D eigenvalue weighted by atomic mass is 10.2. The van der Waals surface area contributed by atoms with Crippen LogP contribution in [-0.4, -0.2) is 23.9 Å². The Kier molecular flexibility index (Phi) is 4.19. The van der Waals surface area contributed by atoms with Gasteiger partial charge in [0.05, 0.1) is 0 Å². The summed E-state index contributed by atoms with van der Waals surface area (Å²) in [6.45, 7) is 3.76. The zero-order valence-corrected chi connectivity index (χ0v) is 11.0. The molecule has 1 N–H and O–H groups in total. The van der Waals surface area contributed by atoms with Crippen molar-refractivity contribution in [3.05, 3.63) is 41.6 Å². The van der Waals surface area contributed by atoms with Crippen LogP contribution in [0, 0.1) is 18.3 Å². The van der Waals surface area contributed by atoms with Crippen molar-refractivity contribution >= 4 is 11.6 Å². The fourth-order valence-electron chi connectivity index (χ4n) is 2.09. The number of nitrogens with one attached hydrogen (secondary N) is 1. The monoisotopic (exact) mass is 255 g/mol. The number of benzene rings is 1. The lowest BCUT2D eigenvalue weighted by Crippen LogP contribution is -2.19. The second-order valence-corrected chi connectivity index (χ2v) is 4.67. The van der Waals surface area contributed by atoms with Gasteiger partial charge in [0.1, 0.15) is 11.6 Å². The van der Waals surface area contributed by atoms with Gasteiger partial charge in [-0.1, -0.05) is 18.2 Å². The molecule has 0 aromatic heterocycles. The Morgan fingerprint density at radius 1 is 1.37 bits per heavy atom. The van der Waals surface area contributed by atoms with E-state index in [4.69, 9.17) is 5.26 Å². The molecule has 19 heavy (non-hydrogen) atoms. The van der Waals surface area contributed by atoms with Crippen LogP contribution in [0.15, 0.2) is 36.0 Å². The summed E-state index contributed by atoms with van der Waals surface area (Å²) < 4.78 is 0. The van der Waals surface area contributed by atoms with E-state index in [0.29, 0.717) is 0 Å². The smallest absolute Gasteiger partial charge is 0.267 e. The Bertz CT molecular complexity index is 537. The van der Waals surface area contributed by atoms with Crippen molar-refractivity contribution in [1.82, 2.24) is 4.90 Å². The van der Waals surface area contributed by atoms with Crippen LogP contribution in [0.1, 0.15) is 18.4 Å². The SMILES string of the molecule is Cc1ccccc1NC(=O)/C(C#N)=C\N1CCCC1. The average molecular weight is 255 g/mol. The van der Waals surface area contributed by atoms with Gasteiger partial charge in [0.15, 0.2) is 0 Å². The Hall–Kier alpha value is -2.28. The number of nitrogens with zero attached hydrogens (tertiary/aromatic N) is 2. The van der Waals surface area contributed by atoms with Crippen LogP contribution < -0.4 is 5.32 Å². The van der Waals surface area contributed by atoms with Crippen molar-refractivity contribution in [3.63, 3.8) is 0 Å². The largest absolute Gasteiger partial charge is 0.376 e. The minimum Gasteiger partial charge on any atom is -0.376 e. The Morgan fingerprint density at radius 2 is 2.05 bits per heavy atom. The first-order chi connectivity index (χ1) is 9.20. The van der Waals surface area contributed by atoms with E-state index in [1.54, 1.807) is 6.20 Å². The van der Waals surface area contributed by atoms with E-state index in [1.165, 1.54) is 0 Å². The molecule has 0 spiro atoms. The summed E-state index contributed by atoms with van der Waals surface area (Å²) in [5, 5.41) is 11.9. The van der Waals surface area contributed by atoms with Crippen LogP contribution in [-0.2, 0) is 4.79 Å². The molecule has 0 atom stereocenters. The lowest BCUT2D eigenvalue weighted by molar-refractivity contribution is -0.112. The molecule has 0 saturated carbocycles. The standard InChI is InChI=1S/C15H17N3O/c1-12-6-2-3-7-14(12)17-15(19)13(10-16)11-18-8-4-5-9-18/h2-3,6-7,11H,4-5,8-9H2,1H3,(H,17,19)/b13-11-. The van der Waals surface area contributed by atoms with Crippen molar-refractivity contribution < 1.29 is 4.79 Å². The van der Waals surface area contributed by atoms with Crippen LogP contribution in [0.3, 0.4) is 0 Å². The normalized spacial score (nSPS) is 15.2. The van der Waals surface area contributed by atoms with Gasteiger partial charge < -0.3 is 10.2 Å². The van der Waals surface area contributed by atoms with Crippen molar-refractivity contribution in [2.24, 2.45) is 0 Å². The van der Waals surface area contributed by atoms with Crippen molar-refractivity contribution in [3.8, 4) is 6.07 Å². The maximum Gasteiger partial charge on any atom is 0.267 e. The quantitative estimate of drug-likeness (QED) is 0.666. The molecule has 0 bridgehead atoms. The fraction of sp³-hybridized carbons (Fsp3) is 0.333. The van der Waals surface area contributed by atoms with E-state index < -0.39 is 0 Å². The molecule has 0 aliphatic carbocycles. The van der Waals surface area contributed by atoms with E-state index >= 15 is 0 Å². The first-order valence-corrected chi connectivity index (χ1v) is 6.43. The van der Waals surface area contributed by atoms with Gasteiger partial charge in [-0.15, -0.1) is 0 Å². The van der Waals surface area contributed by atoms with E-state index in [1.807, 2.05) is 42.2 Å². The summed E-state index contributed by atoms with van der Waals surface area (Å²) in [6, 6.07) is 9.50. The Balaban J connectivity index is 2.09. The summed E-state index contributed by atoms with van der Waals surface area (Å²) in [4.78, 5) is 14.1. The number of hydrogen-bond donors (Lipinski definition) is 1. The predicted octanol–water partition coefficient (Wildman–Crippen LogP) is 2.44.